The van der Waals surface area contributed by atoms with Gasteiger partial charge in [0.1, 0.15) is 5.82 Å². The van der Waals surface area contributed by atoms with E-state index in [1.165, 1.54) is 30.3 Å². The minimum absolute atomic E-state index is 0.0620. The molecule has 0 saturated heterocycles. The molecule has 2 heterocycles. The van der Waals surface area contributed by atoms with Crippen molar-refractivity contribution in [1.29, 1.82) is 0 Å². The molecule has 4 rings (SSSR count). The molecule has 0 aliphatic heterocycles. The number of nitrogens with one attached hydrogen (secondary N) is 1. The Bertz CT molecular complexity index is 1390. The number of aromatic nitrogens is 3. The SMILES string of the molecule is O=C(/N=C/C(CO)c1nc(-c2ccc3c(C(=O)C(F)(F)F)c[nH]c3c2)no1)c1ccc(F)cc1. The number of alkyl halides is 3. The van der Waals surface area contributed by atoms with E-state index in [0.717, 1.165) is 24.5 Å². The number of amides is 1. The summed E-state index contributed by atoms with van der Waals surface area (Å²) in [5.41, 5.74) is 0.251. The van der Waals surface area contributed by atoms with Gasteiger partial charge in [0.2, 0.25) is 11.7 Å². The number of Topliss-reactive ketones (excluding diaryl/α,β-unsaturated/α-hetero) is 1. The van der Waals surface area contributed by atoms with E-state index in [1.807, 2.05) is 0 Å². The van der Waals surface area contributed by atoms with E-state index >= 15 is 0 Å². The summed E-state index contributed by atoms with van der Waals surface area (Å²) in [5.74, 6) is -4.06. The fourth-order valence-electron chi connectivity index (χ4n) is 3.12. The number of rotatable bonds is 6. The first-order valence-corrected chi connectivity index (χ1v) is 9.69. The van der Waals surface area contributed by atoms with Crippen LogP contribution in [0.25, 0.3) is 22.3 Å². The van der Waals surface area contributed by atoms with E-state index in [1.54, 1.807) is 0 Å². The summed E-state index contributed by atoms with van der Waals surface area (Å²) in [5, 5.41) is 13.5. The van der Waals surface area contributed by atoms with Crippen molar-refractivity contribution in [3.05, 3.63) is 71.5 Å². The molecular formula is C22H14F4N4O4. The maximum atomic E-state index is 13.0. The van der Waals surface area contributed by atoms with Crippen LogP contribution in [0.2, 0.25) is 0 Å². The van der Waals surface area contributed by atoms with Crippen LogP contribution in [0.15, 0.2) is 58.2 Å². The molecule has 0 aliphatic carbocycles. The molecule has 2 N–H and O–H groups in total. The van der Waals surface area contributed by atoms with Gasteiger partial charge in [-0.1, -0.05) is 17.3 Å². The Balaban J connectivity index is 1.55. The van der Waals surface area contributed by atoms with E-state index < -0.39 is 41.8 Å². The van der Waals surface area contributed by atoms with Crippen LogP contribution >= 0.6 is 0 Å². The second-order valence-corrected chi connectivity index (χ2v) is 7.13. The number of H-pyrrole nitrogens is 1. The third-order valence-corrected chi connectivity index (χ3v) is 4.86. The van der Waals surface area contributed by atoms with E-state index in [-0.39, 0.29) is 28.2 Å². The van der Waals surface area contributed by atoms with Crippen molar-refractivity contribution in [3.63, 3.8) is 0 Å². The van der Waals surface area contributed by atoms with Gasteiger partial charge in [0.05, 0.1) is 18.1 Å². The van der Waals surface area contributed by atoms with Crippen LogP contribution in [-0.2, 0) is 0 Å². The summed E-state index contributed by atoms with van der Waals surface area (Å²) in [6.45, 7) is -0.513. The minimum Gasteiger partial charge on any atom is -0.395 e. The van der Waals surface area contributed by atoms with Crippen LogP contribution in [-0.4, -0.2) is 50.9 Å². The fraction of sp³-hybridized carbons (Fsp3) is 0.136. The van der Waals surface area contributed by atoms with Gasteiger partial charge >= 0.3 is 6.18 Å². The summed E-state index contributed by atoms with van der Waals surface area (Å²) in [6.07, 6.45) is -2.91. The second kappa shape index (κ2) is 8.98. The largest absolute Gasteiger partial charge is 0.454 e. The summed E-state index contributed by atoms with van der Waals surface area (Å²) in [4.78, 5) is 34.2. The first kappa shape index (κ1) is 23.0. The predicted molar refractivity (Wildman–Crippen MR) is 111 cm³/mol. The van der Waals surface area contributed by atoms with Gasteiger partial charge in [-0.3, -0.25) is 9.59 Å². The topological polar surface area (TPSA) is 121 Å². The quantitative estimate of drug-likeness (QED) is 0.247. The molecule has 1 atom stereocenters. The Morgan fingerprint density at radius 2 is 1.91 bits per heavy atom. The number of fused-ring (bicyclic) bond motifs is 1. The molecule has 34 heavy (non-hydrogen) atoms. The Kier molecular flexibility index (Phi) is 6.07. The monoisotopic (exact) mass is 474 g/mol. The summed E-state index contributed by atoms with van der Waals surface area (Å²) >= 11 is 0. The predicted octanol–water partition coefficient (Wildman–Crippen LogP) is 4.09. The Morgan fingerprint density at radius 3 is 2.59 bits per heavy atom. The first-order valence-electron chi connectivity index (χ1n) is 9.69. The van der Waals surface area contributed by atoms with Crippen molar-refractivity contribution >= 4 is 28.8 Å². The number of aliphatic hydroxyl groups is 1. The number of halogens is 4. The van der Waals surface area contributed by atoms with Gasteiger partial charge in [-0.2, -0.15) is 18.2 Å². The van der Waals surface area contributed by atoms with Gasteiger partial charge in [0, 0.05) is 34.4 Å². The van der Waals surface area contributed by atoms with Crippen LogP contribution in [0, 0.1) is 5.82 Å². The number of ketones is 1. The van der Waals surface area contributed by atoms with Crippen LogP contribution < -0.4 is 0 Å². The van der Waals surface area contributed by atoms with E-state index in [9.17, 15) is 32.3 Å². The van der Waals surface area contributed by atoms with Crippen LogP contribution in [0.4, 0.5) is 17.6 Å². The molecule has 4 aromatic rings. The van der Waals surface area contributed by atoms with Gasteiger partial charge in [-0.25, -0.2) is 9.38 Å². The Morgan fingerprint density at radius 1 is 1.18 bits per heavy atom. The molecule has 174 valence electrons. The molecule has 0 bridgehead atoms. The lowest BCUT2D eigenvalue weighted by atomic mass is 10.1. The molecule has 8 nitrogen and oxygen atoms in total. The van der Waals surface area contributed by atoms with Crippen LogP contribution in [0.5, 0.6) is 0 Å². The average Bonchev–Trinajstić information content (AvgIpc) is 3.46. The zero-order chi connectivity index (χ0) is 24.5. The number of hydrogen-bond acceptors (Lipinski definition) is 6. The lowest BCUT2D eigenvalue weighted by molar-refractivity contribution is -0.0884. The molecule has 0 saturated carbocycles. The molecule has 2 aromatic carbocycles. The number of hydrogen-bond donors (Lipinski definition) is 2. The molecule has 1 amide bonds. The molecule has 0 radical (unpaired) electrons. The molecule has 0 aliphatic rings. The highest BCUT2D eigenvalue weighted by molar-refractivity contribution is 6.10. The summed E-state index contributed by atoms with van der Waals surface area (Å²) in [6, 6.07) is 8.92. The highest BCUT2D eigenvalue weighted by Gasteiger charge is 2.40. The minimum atomic E-state index is -5.00. The van der Waals surface area contributed by atoms with E-state index in [2.05, 4.69) is 20.1 Å². The molecule has 0 spiro atoms. The van der Waals surface area contributed by atoms with Gasteiger partial charge < -0.3 is 14.6 Å². The number of aliphatic imine (C=N–C) groups is 1. The number of nitrogens with zero attached hydrogens (tertiary/aromatic N) is 3. The normalized spacial score (nSPS) is 13.0. The molecular weight excluding hydrogens is 460 g/mol. The number of aromatic amines is 1. The van der Waals surface area contributed by atoms with Gasteiger partial charge in [0.25, 0.3) is 11.7 Å². The van der Waals surface area contributed by atoms with E-state index in [4.69, 9.17) is 4.52 Å². The Labute approximate surface area is 187 Å². The molecule has 2 aromatic heterocycles. The maximum absolute atomic E-state index is 13.0. The number of aliphatic hydroxyl groups excluding tert-OH is 1. The third kappa shape index (κ3) is 4.62. The van der Waals surface area contributed by atoms with Crippen molar-refractivity contribution in [2.45, 2.75) is 12.1 Å². The van der Waals surface area contributed by atoms with Crippen molar-refractivity contribution in [1.82, 2.24) is 15.1 Å². The number of carbonyl (C=O) groups is 2. The standard InChI is InChI=1S/C22H14F4N4O4/c23-14-4-1-11(2-5-14)20(33)28-8-13(10-31)21-29-19(30-34-21)12-3-6-15-16(9-27-17(15)7-12)18(32)22(24,25)26/h1-9,13,27,31H,10H2/b28-8+. The van der Waals surface area contributed by atoms with Crippen molar-refractivity contribution in [3.8, 4) is 11.4 Å². The second-order valence-electron chi connectivity index (χ2n) is 7.13. The van der Waals surface area contributed by atoms with Gasteiger partial charge in [-0.05, 0) is 30.3 Å². The molecule has 12 heteroatoms. The van der Waals surface area contributed by atoms with E-state index in [0.29, 0.717) is 5.56 Å². The number of carbonyl (C=O) groups excluding carboxylic acids is 2. The van der Waals surface area contributed by atoms with Crippen molar-refractivity contribution < 1.29 is 36.8 Å². The smallest absolute Gasteiger partial charge is 0.395 e. The first-order chi connectivity index (χ1) is 16.2. The van der Waals surface area contributed by atoms with Crippen molar-refractivity contribution in [2.75, 3.05) is 6.61 Å². The zero-order valence-corrected chi connectivity index (χ0v) is 17.0. The van der Waals surface area contributed by atoms with Crippen molar-refractivity contribution in [2.24, 2.45) is 4.99 Å². The fourth-order valence-corrected chi connectivity index (χ4v) is 3.12. The highest BCUT2D eigenvalue weighted by Crippen LogP contribution is 2.29. The van der Waals surface area contributed by atoms with Gasteiger partial charge in [0.15, 0.2) is 0 Å². The zero-order valence-electron chi connectivity index (χ0n) is 17.0. The average molecular weight is 474 g/mol. The summed E-state index contributed by atoms with van der Waals surface area (Å²) in [7, 11) is 0. The summed E-state index contributed by atoms with van der Waals surface area (Å²) < 4.78 is 56.4. The van der Waals surface area contributed by atoms with Crippen LogP contribution in [0.1, 0.15) is 32.5 Å². The van der Waals surface area contributed by atoms with Crippen LogP contribution in [0.3, 0.4) is 0 Å². The maximum Gasteiger partial charge on any atom is 0.454 e. The lowest BCUT2D eigenvalue weighted by Gasteiger charge is -2.03. The Hall–Kier alpha value is -4.19. The third-order valence-electron chi connectivity index (χ3n) is 4.86. The highest BCUT2D eigenvalue weighted by atomic mass is 19.4. The lowest BCUT2D eigenvalue weighted by Crippen LogP contribution is -2.22. The number of benzene rings is 2. The molecule has 1 unspecified atom stereocenters. The van der Waals surface area contributed by atoms with Gasteiger partial charge in [-0.15, -0.1) is 0 Å². The molecule has 0 fully saturated rings.